The van der Waals surface area contributed by atoms with Crippen molar-refractivity contribution in [2.75, 3.05) is 19.7 Å². The molecule has 2 amide bonds. The molecule has 0 bridgehead atoms. The molecule has 0 aliphatic carbocycles. The summed E-state index contributed by atoms with van der Waals surface area (Å²) in [6, 6.07) is -1.16. The molecule has 0 spiro atoms. The Balaban J connectivity index is 2.50. The van der Waals surface area contributed by atoms with Gasteiger partial charge in [-0.25, -0.2) is 9.59 Å². The number of carbonyl (C=O) groups is 2. The zero-order valence-electron chi connectivity index (χ0n) is 10.8. The third kappa shape index (κ3) is 4.18. The highest BCUT2D eigenvalue weighted by Gasteiger charge is 2.26. The second-order valence-corrected chi connectivity index (χ2v) is 4.77. The summed E-state index contributed by atoms with van der Waals surface area (Å²) < 4.78 is 0. The zero-order chi connectivity index (χ0) is 13.5. The maximum atomic E-state index is 11.9. The Morgan fingerprint density at radius 1 is 1.50 bits per heavy atom. The smallest absolute Gasteiger partial charge is 0.326 e. The van der Waals surface area contributed by atoms with Crippen molar-refractivity contribution in [1.29, 1.82) is 0 Å². The average molecular weight is 258 g/mol. The maximum Gasteiger partial charge on any atom is 0.326 e. The van der Waals surface area contributed by atoms with Gasteiger partial charge in [-0.05, 0) is 25.2 Å². The van der Waals surface area contributed by atoms with E-state index in [1.807, 2.05) is 6.92 Å². The Labute approximate surface area is 107 Å². The van der Waals surface area contributed by atoms with Gasteiger partial charge in [0.2, 0.25) is 0 Å². The van der Waals surface area contributed by atoms with Crippen LogP contribution in [0.4, 0.5) is 4.79 Å². The Kier molecular flexibility index (Phi) is 5.91. The quantitative estimate of drug-likeness (QED) is 0.675. The number of nitrogens with one attached hydrogen (secondary N) is 1. The normalized spacial score (nSPS) is 21.4. The lowest BCUT2D eigenvalue weighted by molar-refractivity contribution is -0.139. The molecule has 0 aromatic rings. The molecule has 6 heteroatoms. The van der Waals surface area contributed by atoms with E-state index in [9.17, 15) is 9.59 Å². The van der Waals surface area contributed by atoms with Crippen molar-refractivity contribution in [3.8, 4) is 0 Å². The number of nitrogens with zero attached hydrogens (tertiary/aromatic N) is 1. The van der Waals surface area contributed by atoms with Crippen LogP contribution in [0.2, 0.25) is 0 Å². The summed E-state index contributed by atoms with van der Waals surface area (Å²) in [6.45, 7) is 3.08. The van der Waals surface area contributed by atoms with E-state index >= 15 is 0 Å². The standard InChI is InChI=1S/C12H22N2O4/c1-2-4-10(11(16)17)13-12(18)14-6-3-5-9(7-14)8-15/h9-10,15H,2-8H2,1H3,(H,13,18)(H,16,17). The molecule has 1 rings (SSSR count). The molecule has 1 aliphatic heterocycles. The van der Waals surface area contributed by atoms with Gasteiger partial charge >= 0.3 is 12.0 Å². The van der Waals surface area contributed by atoms with Gasteiger partial charge < -0.3 is 20.4 Å². The summed E-state index contributed by atoms with van der Waals surface area (Å²) in [7, 11) is 0. The van der Waals surface area contributed by atoms with Gasteiger partial charge in [0.1, 0.15) is 6.04 Å². The molecule has 2 unspecified atom stereocenters. The van der Waals surface area contributed by atoms with Crippen molar-refractivity contribution >= 4 is 12.0 Å². The average Bonchev–Trinajstić information content (AvgIpc) is 2.38. The topological polar surface area (TPSA) is 89.9 Å². The number of rotatable bonds is 5. The predicted molar refractivity (Wildman–Crippen MR) is 66.2 cm³/mol. The van der Waals surface area contributed by atoms with Crippen molar-refractivity contribution in [2.24, 2.45) is 5.92 Å². The molecule has 0 aromatic carbocycles. The molecule has 1 fully saturated rings. The van der Waals surface area contributed by atoms with Gasteiger partial charge in [-0.2, -0.15) is 0 Å². The number of likely N-dealkylation sites (tertiary alicyclic amines) is 1. The van der Waals surface area contributed by atoms with Crippen LogP contribution in [0.3, 0.4) is 0 Å². The van der Waals surface area contributed by atoms with Crippen molar-refractivity contribution in [3.63, 3.8) is 0 Å². The van der Waals surface area contributed by atoms with Crippen LogP contribution in [-0.2, 0) is 4.79 Å². The SMILES string of the molecule is CCCC(NC(=O)N1CCCC(CO)C1)C(=O)O. The summed E-state index contributed by atoms with van der Waals surface area (Å²) in [5.41, 5.74) is 0. The Bertz CT molecular complexity index is 296. The lowest BCUT2D eigenvalue weighted by Gasteiger charge is -2.32. The molecule has 0 radical (unpaired) electrons. The molecule has 3 N–H and O–H groups in total. The zero-order valence-corrected chi connectivity index (χ0v) is 10.8. The molecule has 6 nitrogen and oxygen atoms in total. The molecule has 18 heavy (non-hydrogen) atoms. The van der Waals surface area contributed by atoms with Crippen molar-refractivity contribution in [2.45, 2.75) is 38.6 Å². The fraction of sp³-hybridized carbons (Fsp3) is 0.833. The largest absolute Gasteiger partial charge is 0.480 e. The minimum absolute atomic E-state index is 0.0705. The van der Waals surface area contributed by atoms with Gasteiger partial charge in [-0.1, -0.05) is 13.3 Å². The number of hydrogen-bond donors (Lipinski definition) is 3. The molecule has 2 atom stereocenters. The number of carboxylic acid groups (broad SMARTS) is 1. The molecular formula is C12H22N2O4. The van der Waals surface area contributed by atoms with Gasteiger partial charge in [-0.15, -0.1) is 0 Å². The van der Waals surface area contributed by atoms with Crippen LogP contribution in [0.25, 0.3) is 0 Å². The number of aliphatic hydroxyl groups is 1. The second-order valence-electron chi connectivity index (χ2n) is 4.77. The van der Waals surface area contributed by atoms with Crippen LogP contribution < -0.4 is 5.32 Å². The number of aliphatic carboxylic acids is 1. The highest BCUT2D eigenvalue weighted by atomic mass is 16.4. The van der Waals surface area contributed by atoms with Gasteiger partial charge in [0, 0.05) is 19.7 Å². The number of aliphatic hydroxyl groups excluding tert-OH is 1. The minimum atomic E-state index is -0.999. The van der Waals surface area contributed by atoms with Crippen LogP contribution in [0.5, 0.6) is 0 Å². The first-order valence-electron chi connectivity index (χ1n) is 6.47. The Morgan fingerprint density at radius 3 is 2.78 bits per heavy atom. The van der Waals surface area contributed by atoms with Crippen LogP contribution >= 0.6 is 0 Å². The van der Waals surface area contributed by atoms with E-state index in [1.165, 1.54) is 0 Å². The van der Waals surface area contributed by atoms with Crippen LogP contribution in [-0.4, -0.2) is 52.9 Å². The number of carbonyl (C=O) groups excluding carboxylic acids is 1. The summed E-state index contributed by atoms with van der Waals surface area (Å²) in [6.07, 6.45) is 2.90. The van der Waals surface area contributed by atoms with E-state index in [-0.39, 0.29) is 18.6 Å². The van der Waals surface area contributed by atoms with E-state index in [0.29, 0.717) is 25.9 Å². The molecule has 1 heterocycles. The van der Waals surface area contributed by atoms with E-state index < -0.39 is 12.0 Å². The highest BCUT2D eigenvalue weighted by Crippen LogP contribution is 2.15. The fourth-order valence-corrected chi connectivity index (χ4v) is 2.18. The fourth-order valence-electron chi connectivity index (χ4n) is 2.18. The van der Waals surface area contributed by atoms with Crippen molar-refractivity contribution < 1.29 is 19.8 Å². The van der Waals surface area contributed by atoms with E-state index in [4.69, 9.17) is 10.2 Å². The molecule has 1 saturated heterocycles. The maximum absolute atomic E-state index is 11.9. The van der Waals surface area contributed by atoms with Gasteiger partial charge in [-0.3, -0.25) is 0 Å². The third-order valence-corrected chi connectivity index (χ3v) is 3.24. The number of urea groups is 1. The molecular weight excluding hydrogens is 236 g/mol. The van der Waals surface area contributed by atoms with Gasteiger partial charge in [0.05, 0.1) is 0 Å². The number of amides is 2. The van der Waals surface area contributed by atoms with Crippen LogP contribution in [0.1, 0.15) is 32.6 Å². The predicted octanol–water partition coefficient (Wildman–Crippen LogP) is 0.654. The Hall–Kier alpha value is -1.30. The summed E-state index contributed by atoms with van der Waals surface area (Å²) in [4.78, 5) is 24.5. The first-order valence-corrected chi connectivity index (χ1v) is 6.47. The highest BCUT2D eigenvalue weighted by molar-refractivity contribution is 5.82. The van der Waals surface area contributed by atoms with Gasteiger partial charge in [0.25, 0.3) is 0 Å². The summed E-state index contributed by atoms with van der Waals surface area (Å²) in [5, 5.41) is 20.6. The van der Waals surface area contributed by atoms with Gasteiger partial charge in [0.15, 0.2) is 0 Å². The van der Waals surface area contributed by atoms with E-state index in [0.717, 1.165) is 12.8 Å². The van der Waals surface area contributed by atoms with Crippen LogP contribution in [0.15, 0.2) is 0 Å². The molecule has 0 saturated carbocycles. The second kappa shape index (κ2) is 7.20. The molecule has 0 aromatic heterocycles. The van der Waals surface area contributed by atoms with E-state index in [1.54, 1.807) is 4.90 Å². The van der Waals surface area contributed by atoms with Crippen molar-refractivity contribution in [1.82, 2.24) is 10.2 Å². The Morgan fingerprint density at radius 2 is 2.22 bits per heavy atom. The minimum Gasteiger partial charge on any atom is -0.480 e. The monoisotopic (exact) mass is 258 g/mol. The lowest BCUT2D eigenvalue weighted by Crippen LogP contribution is -2.51. The molecule has 104 valence electrons. The first-order chi connectivity index (χ1) is 8.58. The number of hydrogen-bond acceptors (Lipinski definition) is 3. The summed E-state index contributed by atoms with van der Waals surface area (Å²) in [5.74, 6) is -0.889. The first kappa shape index (κ1) is 14.8. The summed E-state index contributed by atoms with van der Waals surface area (Å²) >= 11 is 0. The van der Waals surface area contributed by atoms with Crippen LogP contribution in [0, 0.1) is 5.92 Å². The third-order valence-electron chi connectivity index (χ3n) is 3.24. The van der Waals surface area contributed by atoms with Crippen molar-refractivity contribution in [3.05, 3.63) is 0 Å². The number of carboxylic acids is 1. The molecule has 1 aliphatic rings. The van der Waals surface area contributed by atoms with E-state index in [2.05, 4.69) is 5.32 Å². The lowest BCUT2D eigenvalue weighted by atomic mass is 9.99. The number of piperidine rings is 1.